The van der Waals surface area contributed by atoms with Crippen molar-refractivity contribution in [2.45, 2.75) is 0 Å². The Labute approximate surface area is 300 Å². The zero-order valence-corrected chi connectivity index (χ0v) is 28.7. The topological polar surface area (TPSA) is 14.8 Å². The molecule has 0 aliphatic rings. The van der Waals surface area contributed by atoms with Crippen LogP contribution >= 0.6 is 0 Å². The van der Waals surface area contributed by atoms with E-state index in [1.165, 1.54) is 87.7 Å². The molecule has 0 aliphatic carbocycles. The molecule has 0 saturated carbocycles. The second-order valence-corrected chi connectivity index (χ2v) is 13.9. The third-order valence-electron chi connectivity index (χ3n) is 11.0. The second-order valence-electron chi connectivity index (χ2n) is 13.9. The van der Waals surface area contributed by atoms with E-state index >= 15 is 0 Å². The van der Waals surface area contributed by atoms with Crippen LogP contribution in [0.25, 0.3) is 99.0 Å². The third-order valence-corrected chi connectivity index (χ3v) is 11.0. The van der Waals surface area contributed by atoms with E-state index in [1.54, 1.807) is 0 Å². The standard InChI is InChI=1S/C49H33N3/c1-50-44-22-8-5-19-38(44)42-31-49-43(30-48(42)50)40-21-7-10-24-46(40)52(49)37-25-26-47-41(29-37)39-20-6-9-23-45(39)51(47)36-18-12-17-35(28-36)34-16-11-15-33(27-34)32-13-3-2-4-14-32/h2-31H,1H3. The quantitative estimate of drug-likeness (QED) is 0.178. The van der Waals surface area contributed by atoms with Gasteiger partial charge in [-0.2, -0.15) is 0 Å². The molecule has 0 amide bonds. The molecule has 0 atom stereocenters. The Balaban J connectivity index is 1.11. The van der Waals surface area contributed by atoms with Gasteiger partial charge in [-0.3, -0.25) is 0 Å². The molecule has 244 valence electrons. The molecule has 3 aromatic heterocycles. The van der Waals surface area contributed by atoms with Crippen LogP contribution in [0.2, 0.25) is 0 Å². The minimum atomic E-state index is 1.15. The fourth-order valence-corrected chi connectivity index (χ4v) is 8.61. The Bertz CT molecular complexity index is 3190. The van der Waals surface area contributed by atoms with Crippen LogP contribution in [-0.2, 0) is 7.05 Å². The molecule has 3 nitrogen and oxygen atoms in total. The number of nitrogens with zero attached hydrogens (tertiary/aromatic N) is 3. The van der Waals surface area contributed by atoms with E-state index in [0.29, 0.717) is 0 Å². The van der Waals surface area contributed by atoms with E-state index in [1.807, 2.05) is 0 Å². The fraction of sp³-hybridized carbons (Fsp3) is 0.0204. The number of para-hydroxylation sites is 3. The first-order valence-electron chi connectivity index (χ1n) is 17.9. The van der Waals surface area contributed by atoms with Crippen LogP contribution in [0, 0.1) is 0 Å². The Hall–Kier alpha value is -6.84. The Kier molecular flexibility index (Phi) is 6.17. The molecule has 0 spiro atoms. The van der Waals surface area contributed by atoms with E-state index in [9.17, 15) is 0 Å². The molecule has 0 bridgehead atoms. The summed E-state index contributed by atoms with van der Waals surface area (Å²) in [6.45, 7) is 0. The zero-order valence-electron chi connectivity index (χ0n) is 28.7. The molecule has 0 radical (unpaired) electrons. The maximum atomic E-state index is 2.46. The lowest BCUT2D eigenvalue weighted by Gasteiger charge is -2.12. The maximum absolute atomic E-state index is 2.46. The van der Waals surface area contributed by atoms with Crippen molar-refractivity contribution in [3.63, 3.8) is 0 Å². The summed E-state index contributed by atoms with van der Waals surface area (Å²) in [4.78, 5) is 0. The maximum Gasteiger partial charge on any atom is 0.0548 e. The van der Waals surface area contributed by atoms with Crippen molar-refractivity contribution in [1.82, 2.24) is 13.7 Å². The first-order chi connectivity index (χ1) is 25.7. The minimum Gasteiger partial charge on any atom is -0.344 e. The molecular formula is C49H33N3. The highest BCUT2D eigenvalue weighted by molar-refractivity contribution is 6.19. The Morgan fingerprint density at radius 1 is 0.269 bits per heavy atom. The monoisotopic (exact) mass is 663 g/mol. The summed E-state index contributed by atoms with van der Waals surface area (Å²) in [7, 11) is 2.18. The summed E-state index contributed by atoms with van der Waals surface area (Å²) in [5.41, 5.74) is 14.5. The van der Waals surface area contributed by atoms with Crippen LogP contribution in [0.5, 0.6) is 0 Å². The summed E-state index contributed by atoms with van der Waals surface area (Å²) in [6, 6.07) is 66.6. The van der Waals surface area contributed by atoms with Gasteiger partial charge in [0, 0.05) is 61.8 Å². The first-order valence-corrected chi connectivity index (χ1v) is 17.9. The number of hydrogen-bond donors (Lipinski definition) is 0. The highest BCUT2D eigenvalue weighted by atomic mass is 15.0. The summed E-state index contributed by atoms with van der Waals surface area (Å²) in [6.07, 6.45) is 0. The summed E-state index contributed by atoms with van der Waals surface area (Å²) in [5.74, 6) is 0. The van der Waals surface area contributed by atoms with Crippen LogP contribution in [0.4, 0.5) is 0 Å². The largest absolute Gasteiger partial charge is 0.344 e. The first kappa shape index (κ1) is 28.9. The summed E-state index contributed by atoms with van der Waals surface area (Å²) < 4.78 is 7.20. The molecule has 0 unspecified atom stereocenters. The number of aromatic nitrogens is 3. The highest BCUT2D eigenvalue weighted by Crippen LogP contribution is 2.40. The van der Waals surface area contributed by atoms with Gasteiger partial charge in [0.15, 0.2) is 0 Å². The van der Waals surface area contributed by atoms with Crippen LogP contribution in [0.3, 0.4) is 0 Å². The van der Waals surface area contributed by atoms with E-state index < -0.39 is 0 Å². The van der Waals surface area contributed by atoms with Gasteiger partial charge in [0.25, 0.3) is 0 Å². The van der Waals surface area contributed by atoms with Gasteiger partial charge in [-0.1, -0.05) is 115 Å². The van der Waals surface area contributed by atoms with Crippen molar-refractivity contribution >= 4 is 65.4 Å². The normalized spacial score (nSPS) is 11.9. The van der Waals surface area contributed by atoms with Crippen molar-refractivity contribution in [1.29, 1.82) is 0 Å². The summed E-state index contributed by atoms with van der Waals surface area (Å²) in [5, 5.41) is 7.58. The third kappa shape index (κ3) is 4.20. The second kappa shape index (κ2) is 11.1. The van der Waals surface area contributed by atoms with Crippen LogP contribution in [0.15, 0.2) is 182 Å². The van der Waals surface area contributed by atoms with Gasteiger partial charge < -0.3 is 13.7 Å². The van der Waals surface area contributed by atoms with Gasteiger partial charge in [0.2, 0.25) is 0 Å². The zero-order chi connectivity index (χ0) is 34.3. The van der Waals surface area contributed by atoms with E-state index in [4.69, 9.17) is 0 Å². The van der Waals surface area contributed by atoms with Crippen LogP contribution in [-0.4, -0.2) is 13.7 Å². The van der Waals surface area contributed by atoms with Crippen LogP contribution in [0.1, 0.15) is 0 Å². The lowest BCUT2D eigenvalue weighted by Crippen LogP contribution is -1.96. The Morgan fingerprint density at radius 2 is 0.731 bits per heavy atom. The van der Waals surface area contributed by atoms with E-state index in [-0.39, 0.29) is 0 Å². The molecule has 0 fully saturated rings. The molecule has 52 heavy (non-hydrogen) atoms. The molecular weight excluding hydrogens is 631 g/mol. The molecule has 11 rings (SSSR count). The number of rotatable bonds is 4. The fourth-order valence-electron chi connectivity index (χ4n) is 8.61. The van der Waals surface area contributed by atoms with Crippen LogP contribution < -0.4 is 0 Å². The summed E-state index contributed by atoms with van der Waals surface area (Å²) >= 11 is 0. The van der Waals surface area contributed by atoms with Crippen molar-refractivity contribution in [3.05, 3.63) is 182 Å². The van der Waals surface area contributed by atoms with E-state index in [2.05, 4.69) is 203 Å². The average molecular weight is 664 g/mol. The average Bonchev–Trinajstić information content (AvgIpc) is 3.82. The smallest absolute Gasteiger partial charge is 0.0548 e. The molecule has 0 saturated heterocycles. The number of fused-ring (bicyclic) bond motifs is 9. The number of benzene rings is 8. The predicted octanol–water partition coefficient (Wildman–Crippen LogP) is 12.9. The number of aryl methyl sites for hydroxylation is 1. The lowest BCUT2D eigenvalue weighted by molar-refractivity contribution is 1.02. The molecule has 0 N–H and O–H groups in total. The van der Waals surface area contributed by atoms with Gasteiger partial charge >= 0.3 is 0 Å². The van der Waals surface area contributed by atoms with Gasteiger partial charge in [0.05, 0.1) is 22.1 Å². The van der Waals surface area contributed by atoms with Gasteiger partial charge in [-0.15, -0.1) is 0 Å². The molecule has 8 aromatic carbocycles. The van der Waals surface area contributed by atoms with Crippen molar-refractivity contribution < 1.29 is 0 Å². The SMILES string of the molecule is Cn1c2ccccc2c2cc3c(cc21)c1ccccc1n3-c1ccc2c(c1)c1ccccc1n2-c1cccc(-c2cccc(-c3ccccc3)c2)c1. The van der Waals surface area contributed by atoms with Crippen molar-refractivity contribution in [2.24, 2.45) is 7.05 Å². The van der Waals surface area contributed by atoms with Gasteiger partial charge in [-0.25, -0.2) is 0 Å². The van der Waals surface area contributed by atoms with Crippen molar-refractivity contribution in [3.8, 4) is 33.6 Å². The molecule has 3 heterocycles. The van der Waals surface area contributed by atoms with Gasteiger partial charge in [0.1, 0.15) is 0 Å². The Morgan fingerprint density at radius 3 is 1.46 bits per heavy atom. The van der Waals surface area contributed by atoms with E-state index in [0.717, 1.165) is 11.4 Å². The van der Waals surface area contributed by atoms with Gasteiger partial charge in [-0.05, 0) is 89.0 Å². The number of hydrogen-bond acceptors (Lipinski definition) is 0. The highest BCUT2D eigenvalue weighted by Gasteiger charge is 2.19. The molecule has 11 aromatic rings. The predicted molar refractivity (Wildman–Crippen MR) is 220 cm³/mol. The molecule has 3 heteroatoms. The lowest BCUT2D eigenvalue weighted by atomic mass is 9.99. The minimum absolute atomic E-state index is 1.15. The van der Waals surface area contributed by atoms with Crippen molar-refractivity contribution in [2.75, 3.05) is 0 Å². The molecule has 0 aliphatic heterocycles.